The largest absolute Gasteiger partial charge is 1.00 e. The van der Waals surface area contributed by atoms with Crippen LogP contribution in [0, 0.1) is 5.92 Å². The molecular weight excluding hydrogens is 526 g/mol. The van der Waals surface area contributed by atoms with Crippen LogP contribution in [0.4, 0.5) is 0 Å². The number of thiophene rings is 1. The highest BCUT2D eigenvalue weighted by molar-refractivity contribution is 7.10. The van der Waals surface area contributed by atoms with Gasteiger partial charge in [-0.2, -0.15) is 0 Å². The lowest BCUT2D eigenvalue weighted by atomic mass is 9.82. The van der Waals surface area contributed by atoms with Gasteiger partial charge in [-0.1, -0.05) is 54.6 Å². The lowest BCUT2D eigenvalue weighted by Gasteiger charge is -2.52. The number of quaternary nitrogens is 1. The van der Waals surface area contributed by atoms with Crippen molar-refractivity contribution in [1.82, 2.24) is 0 Å². The molecule has 0 aliphatic carbocycles. The summed E-state index contributed by atoms with van der Waals surface area (Å²) in [6.45, 7) is 4.76. The summed E-state index contributed by atoms with van der Waals surface area (Å²) in [5.41, 5.74) is -1.24. The molecule has 4 heterocycles. The maximum Gasteiger partial charge on any atom is 0.349 e. The molecule has 5 nitrogen and oxygen atoms in total. The Morgan fingerprint density at radius 2 is 1.69 bits per heavy atom. The van der Waals surface area contributed by atoms with E-state index in [1.165, 1.54) is 11.3 Å². The van der Waals surface area contributed by atoms with Crippen LogP contribution >= 0.6 is 11.3 Å². The van der Waals surface area contributed by atoms with E-state index in [0.29, 0.717) is 23.0 Å². The van der Waals surface area contributed by atoms with Crippen molar-refractivity contribution in [3.8, 4) is 5.75 Å². The van der Waals surface area contributed by atoms with Crippen LogP contribution in [0.5, 0.6) is 5.75 Å². The van der Waals surface area contributed by atoms with Gasteiger partial charge >= 0.3 is 5.97 Å². The number of ether oxygens (including phenoxy) is 2. The van der Waals surface area contributed by atoms with Gasteiger partial charge in [-0.05, 0) is 23.6 Å². The molecule has 35 heavy (non-hydrogen) atoms. The Morgan fingerprint density at radius 1 is 1.00 bits per heavy atom. The SMILES string of the molecule is O=C(O[C@H]1C[N+]2(CCCOc3ccccc3)CCC1CC2)[C@](O)(c1ccccc1)c1cccs1.[Br-]. The van der Waals surface area contributed by atoms with E-state index in [4.69, 9.17) is 9.47 Å². The second-order valence-electron chi connectivity index (χ2n) is 9.55. The van der Waals surface area contributed by atoms with Gasteiger partial charge in [0.1, 0.15) is 12.3 Å². The Hall–Kier alpha value is -2.19. The van der Waals surface area contributed by atoms with E-state index < -0.39 is 11.6 Å². The van der Waals surface area contributed by atoms with Gasteiger partial charge in [0.25, 0.3) is 0 Å². The van der Waals surface area contributed by atoms with Crippen LogP contribution in [0.1, 0.15) is 29.7 Å². The fraction of sp³-hybridized carbons (Fsp3) is 0.393. The van der Waals surface area contributed by atoms with E-state index in [2.05, 4.69) is 0 Å². The maximum atomic E-state index is 13.5. The fourth-order valence-corrected chi connectivity index (χ4v) is 6.36. The van der Waals surface area contributed by atoms with Gasteiger partial charge in [-0.15, -0.1) is 11.3 Å². The monoisotopic (exact) mass is 557 g/mol. The van der Waals surface area contributed by atoms with Crippen molar-refractivity contribution in [2.75, 3.05) is 32.8 Å². The summed E-state index contributed by atoms with van der Waals surface area (Å²) in [4.78, 5) is 14.1. The Kier molecular flexibility index (Phi) is 8.32. The molecule has 0 saturated carbocycles. The Bertz CT molecular complexity index is 1070. The standard InChI is InChI=1S/C28H32NO4S.BrH/c30-27(28(31,26-13-7-20-34-26)23-9-3-1-4-10-23)33-25-21-29(17-14-22(25)15-18-29)16-8-19-32-24-11-5-2-6-12-24;/h1-7,9-13,20,22,25,31H,8,14-19,21H2;1H/q+1;/p-1/t22?,25-,28-,29?;/m0./s1. The van der Waals surface area contributed by atoms with Gasteiger partial charge in [0.05, 0.1) is 31.1 Å². The van der Waals surface area contributed by atoms with Crippen molar-refractivity contribution in [1.29, 1.82) is 0 Å². The van der Waals surface area contributed by atoms with Crippen LogP contribution in [0.15, 0.2) is 78.2 Å². The first-order valence-electron chi connectivity index (χ1n) is 12.1. The lowest BCUT2D eigenvalue weighted by molar-refractivity contribution is -0.946. The normalized spacial score (nSPS) is 24.7. The smallest absolute Gasteiger partial charge is 0.349 e. The van der Waals surface area contributed by atoms with Crippen molar-refractivity contribution in [2.24, 2.45) is 5.92 Å². The van der Waals surface area contributed by atoms with Crippen molar-refractivity contribution >= 4 is 17.3 Å². The Labute approximate surface area is 221 Å². The van der Waals surface area contributed by atoms with Crippen LogP contribution in [0.25, 0.3) is 0 Å². The topological polar surface area (TPSA) is 55.8 Å². The fourth-order valence-electron chi connectivity index (χ4n) is 5.52. The third-order valence-electron chi connectivity index (χ3n) is 7.45. The first-order chi connectivity index (χ1) is 16.6. The maximum absolute atomic E-state index is 13.5. The molecule has 0 unspecified atom stereocenters. The molecule has 1 N–H and O–H groups in total. The number of carbonyl (C=O) groups excluding carboxylic acids is 1. The number of carbonyl (C=O) groups is 1. The minimum absolute atomic E-state index is 0. The summed E-state index contributed by atoms with van der Waals surface area (Å²) in [5, 5.41) is 13.5. The first-order valence-corrected chi connectivity index (χ1v) is 13.0. The number of piperidine rings is 3. The molecule has 2 bridgehead atoms. The molecule has 3 fully saturated rings. The van der Waals surface area contributed by atoms with Crippen molar-refractivity contribution in [3.05, 3.63) is 88.6 Å². The number of hydrogen-bond acceptors (Lipinski definition) is 5. The molecule has 7 heteroatoms. The van der Waals surface area contributed by atoms with Crippen LogP contribution in [-0.4, -0.2) is 54.4 Å². The molecule has 3 aliphatic heterocycles. The summed E-state index contributed by atoms with van der Waals surface area (Å²) in [6.07, 6.45) is 2.91. The van der Waals surface area contributed by atoms with Crippen molar-refractivity contribution in [2.45, 2.75) is 31.0 Å². The zero-order valence-electron chi connectivity index (χ0n) is 19.7. The highest BCUT2D eigenvalue weighted by atomic mass is 79.9. The van der Waals surface area contributed by atoms with Crippen molar-refractivity contribution in [3.63, 3.8) is 0 Å². The van der Waals surface area contributed by atoms with E-state index in [9.17, 15) is 9.90 Å². The number of hydrogen-bond donors (Lipinski definition) is 1. The Morgan fingerprint density at radius 3 is 2.34 bits per heavy atom. The van der Waals surface area contributed by atoms with Crippen LogP contribution in [0.3, 0.4) is 0 Å². The number of rotatable bonds is 9. The molecule has 6 rings (SSSR count). The second kappa shape index (κ2) is 11.2. The highest BCUT2D eigenvalue weighted by Gasteiger charge is 2.50. The zero-order valence-corrected chi connectivity index (χ0v) is 22.1. The number of benzene rings is 2. The predicted molar refractivity (Wildman–Crippen MR) is 133 cm³/mol. The highest BCUT2D eigenvalue weighted by Crippen LogP contribution is 2.39. The average Bonchev–Trinajstić information content (AvgIpc) is 3.44. The molecule has 3 aliphatic rings. The third-order valence-corrected chi connectivity index (χ3v) is 8.43. The quantitative estimate of drug-likeness (QED) is 0.247. The van der Waals surface area contributed by atoms with Crippen LogP contribution in [0.2, 0.25) is 0 Å². The summed E-state index contributed by atoms with van der Waals surface area (Å²) < 4.78 is 13.0. The summed E-state index contributed by atoms with van der Waals surface area (Å²) >= 11 is 1.37. The lowest BCUT2D eigenvalue weighted by Crippen LogP contribution is -3.00. The van der Waals surface area contributed by atoms with E-state index in [1.54, 1.807) is 18.2 Å². The van der Waals surface area contributed by atoms with Crippen LogP contribution < -0.4 is 21.7 Å². The molecule has 0 radical (unpaired) electrons. The summed E-state index contributed by atoms with van der Waals surface area (Å²) in [5.74, 6) is 0.707. The van der Waals surface area contributed by atoms with Gasteiger partial charge in [-0.3, -0.25) is 0 Å². The minimum atomic E-state index is -1.78. The van der Waals surface area contributed by atoms with E-state index in [0.717, 1.165) is 55.7 Å². The molecule has 0 spiro atoms. The van der Waals surface area contributed by atoms with Gasteiger partial charge in [0.2, 0.25) is 5.60 Å². The van der Waals surface area contributed by atoms with Gasteiger partial charge in [0.15, 0.2) is 6.10 Å². The van der Waals surface area contributed by atoms with E-state index >= 15 is 0 Å². The molecule has 186 valence electrons. The zero-order chi connectivity index (χ0) is 23.4. The van der Waals surface area contributed by atoms with Gasteiger partial charge in [-0.25, -0.2) is 4.79 Å². The molecule has 0 amide bonds. The summed E-state index contributed by atoms with van der Waals surface area (Å²) in [7, 11) is 0. The number of para-hydroxylation sites is 1. The molecule has 1 aromatic heterocycles. The number of halogens is 1. The Balaban J connectivity index is 0.00000289. The van der Waals surface area contributed by atoms with Gasteiger partial charge < -0.3 is 36.0 Å². The third kappa shape index (κ3) is 5.48. The molecule has 2 aromatic carbocycles. The van der Waals surface area contributed by atoms with E-state index in [1.807, 2.05) is 60.0 Å². The number of fused-ring (bicyclic) bond motifs is 3. The number of aliphatic hydroxyl groups is 1. The minimum Gasteiger partial charge on any atom is -1.00 e. The molecular formula is C28H32BrNO4S. The van der Waals surface area contributed by atoms with Gasteiger partial charge in [0, 0.05) is 30.7 Å². The van der Waals surface area contributed by atoms with Crippen LogP contribution in [-0.2, 0) is 15.1 Å². The molecule has 3 aromatic rings. The van der Waals surface area contributed by atoms with Crippen molar-refractivity contribution < 1.29 is 40.8 Å². The predicted octanol–water partition coefficient (Wildman–Crippen LogP) is 1.61. The molecule has 2 atom stereocenters. The number of esters is 1. The molecule has 3 saturated heterocycles. The first kappa shape index (κ1) is 25.9. The second-order valence-corrected chi connectivity index (χ2v) is 10.5. The summed E-state index contributed by atoms with van der Waals surface area (Å²) in [6, 6.07) is 22.7. The number of nitrogens with zero attached hydrogens (tertiary/aromatic N) is 1. The average molecular weight is 559 g/mol. The van der Waals surface area contributed by atoms with E-state index in [-0.39, 0.29) is 23.1 Å².